The first-order valence-corrected chi connectivity index (χ1v) is 7.16. The van der Waals surface area contributed by atoms with Crippen LogP contribution < -0.4 is 5.32 Å². The molecule has 0 saturated carbocycles. The molecule has 0 aliphatic heterocycles. The molecule has 1 aromatic rings. The average molecular weight is 252 g/mol. The fourth-order valence-electron chi connectivity index (χ4n) is 1.30. The molecule has 0 aliphatic carbocycles. The van der Waals surface area contributed by atoms with E-state index in [1.807, 2.05) is 24.0 Å². The Morgan fingerprint density at radius 3 is 2.71 bits per heavy atom. The number of nitrogens with one attached hydrogen (secondary N) is 1. The van der Waals surface area contributed by atoms with Gasteiger partial charge in [0.1, 0.15) is 5.03 Å². The van der Waals surface area contributed by atoms with Gasteiger partial charge in [0.25, 0.3) is 0 Å². The Morgan fingerprint density at radius 1 is 1.41 bits per heavy atom. The van der Waals surface area contributed by atoms with Gasteiger partial charge in [-0.3, -0.25) is 0 Å². The van der Waals surface area contributed by atoms with E-state index in [0.717, 1.165) is 6.54 Å². The third-order valence-electron chi connectivity index (χ3n) is 2.55. The van der Waals surface area contributed by atoms with Gasteiger partial charge >= 0.3 is 0 Å². The SMILES string of the molecule is CCC(C)Sc1ncccc1CNC(C)(C)C. The van der Waals surface area contributed by atoms with Crippen molar-refractivity contribution in [2.45, 2.75) is 63.4 Å². The van der Waals surface area contributed by atoms with Crippen molar-refractivity contribution in [1.82, 2.24) is 10.3 Å². The summed E-state index contributed by atoms with van der Waals surface area (Å²) in [7, 11) is 0. The molecule has 1 rings (SSSR count). The van der Waals surface area contributed by atoms with E-state index in [1.54, 1.807) is 0 Å². The minimum Gasteiger partial charge on any atom is -0.308 e. The van der Waals surface area contributed by atoms with E-state index in [1.165, 1.54) is 17.0 Å². The van der Waals surface area contributed by atoms with Crippen LogP contribution in [0.25, 0.3) is 0 Å². The summed E-state index contributed by atoms with van der Waals surface area (Å²) in [5.74, 6) is 0. The molecule has 0 amide bonds. The van der Waals surface area contributed by atoms with Crippen LogP contribution in [0.1, 0.15) is 46.6 Å². The van der Waals surface area contributed by atoms with Crippen LogP contribution in [0.2, 0.25) is 0 Å². The smallest absolute Gasteiger partial charge is 0.101 e. The lowest BCUT2D eigenvalue weighted by Gasteiger charge is -2.21. The van der Waals surface area contributed by atoms with Crippen molar-refractivity contribution < 1.29 is 0 Å². The van der Waals surface area contributed by atoms with Crippen LogP contribution in [0.3, 0.4) is 0 Å². The lowest BCUT2D eigenvalue weighted by atomic mass is 10.1. The van der Waals surface area contributed by atoms with Crippen molar-refractivity contribution in [2.75, 3.05) is 0 Å². The Balaban J connectivity index is 2.70. The summed E-state index contributed by atoms with van der Waals surface area (Å²) in [6, 6.07) is 4.18. The van der Waals surface area contributed by atoms with Gasteiger partial charge in [0.15, 0.2) is 0 Å². The first kappa shape index (κ1) is 14.5. The monoisotopic (exact) mass is 252 g/mol. The quantitative estimate of drug-likeness (QED) is 0.806. The summed E-state index contributed by atoms with van der Waals surface area (Å²) in [4.78, 5) is 4.49. The van der Waals surface area contributed by atoms with E-state index >= 15 is 0 Å². The molecule has 3 heteroatoms. The summed E-state index contributed by atoms with van der Waals surface area (Å²) in [6.07, 6.45) is 3.05. The molecular formula is C14H24N2S. The lowest BCUT2D eigenvalue weighted by molar-refractivity contribution is 0.422. The van der Waals surface area contributed by atoms with Gasteiger partial charge in [0.2, 0.25) is 0 Å². The minimum absolute atomic E-state index is 0.147. The number of nitrogens with zero attached hydrogens (tertiary/aromatic N) is 1. The van der Waals surface area contributed by atoms with E-state index in [9.17, 15) is 0 Å². The van der Waals surface area contributed by atoms with Gasteiger partial charge < -0.3 is 5.32 Å². The molecule has 0 radical (unpaired) electrons. The molecule has 2 nitrogen and oxygen atoms in total. The van der Waals surface area contributed by atoms with Gasteiger partial charge in [0.05, 0.1) is 0 Å². The normalized spacial score (nSPS) is 13.7. The number of hydrogen-bond acceptors (Lipinski definition) is 3. The van der Waals surface area contributed by atoms with Crippen molar-refractivity contribution in [3.05, 3.63) is 23.9 Å². The zero-order valence-electron chi connectivity index (χ0n) is 11.6. The summed E-state index contributed by atoms with van der Waals surface area (Å²) in [5, 5.41) is 5.31. The topological polar surface area (TPSA) is 24.9 Å². The van der Waals surface area contributed by atoms with Crippen molar-refractivity contribution in [2.24, 2.45) is 0 Å². The summed E-state index contributed by atoms with van der Waals surface area (Å²) >= 11 is 1.87. The van der Waals surface area contributed by atoms with Crippen LogP contribution in [0.5, 0.6) is 0 Å². The molecule has 0 fully saturated rings. The molecule has 0 aliphatic rings. The molecule has 1 atom stereocenters. The molecular weight excluding hydrogens is 228 g/mol. The highest BCUT2D eigenvalue weighted by molar-refractivity contribution is 7.99. The number of pyridine rings is 1. The Kier molecular flexibility index (Phi) is 5.47. The maximum atomic E-state index is 4.49. The van der Waals surface area contributed by atoms with Crippen molar-refractivity contribution in [1.29, 1.82) is 0 Å². The fourth-order valence-corrected chi connectivity index (χ4v) is 2.26. The Labute approximate surface area is 110 Å². The minimum atomic E-state index is 0.147. The van der Waals surface area contributed by atoms with E-state index in [0.29, 0.717) is 5.25 Å². The molecule has 0 bridgehead atoms. The highest BCUT2D eigenvalue weighted by Crippen LogP contribution is 2.26. The Morgan fingerprint density at radius 2 is 2.12 bits per heavy atom. The molecule has 0 spiro atoms. The fraction of sp³-hybridized carbons (Fsp3) is 0.643. The first-order chi connectivity index (χ1) is 7.92. The van der Waals surface area contributed by atoms with Gasteiger partial charge in [-0.1, -0.05) is 19.9 Å². The molecule has 1 heterocycles. The second kappa shape index (κ2) is 6.41. The van der Waals surface area contributed by atoms with Gasteiger partial charge in [-0.05, 0) is 38.8 Å². The van der Waals surface area contributed by atoms with Crippen LogP contribution >= 0.6 is 11.8 Å². The largest absolute Gasteiger partial charge is 0.308 e. The highest BCUT2D eigenvalue weighted by Gasteiger charge is 2.12. The summed E-state index contributed by atoms with van der Waals surface area (Å²) in [6.45, 7) is 11.9. The molecule has 0 saturated heterocycles. The second-order valence-corrected chi connectivity index (χ2v) is 6.84. The third kappa shape index (κ3) is 5.55. The molecule has 0 aromatic carbocycles. The predicted octanol–water partition coefficient (Wildman–Crippen LogP) is 3.86. The number of thioether (sulfide) groups is 1. The maximum Gasteiger partial charge on any atom is 0.101 e. The molecule has 96 valence electrons. The van der Waals surface area contributed by atoms with Crippen LogP contribution in [0.4, 0.5) is 0 Å². The number of hydrogen-bond donors (Lipinski definition) is 1. The van der Waals surface area contributed by atoms with E-state index in [4.69, 9.17) is 0 Å². The lowest BCUT2D eigenvalue weighted by Crippen LogP contribution is -2.35. The molecule has 1 aromatic heterocycles. The second-order valence-electron chi connectivity index (χ2n) is 5.41. The highest BCUT2D eigenvalue weighted by atomic mass is 32.2. The zero-order chi connectivity index (χ0) is 12.9. The van der Waals surface area contributed by atoms with Gasteiger partial charge in [-0.2, -0.15) is 0 Å². The van der Waals surface area contributed by atoms with Crippen molar-refractivity contribution in [3.8, 4) is 0 Å². The van der Waals surface area contributed by atoms with Gasteiger partial charge in [-0.25, -0.2) is 4.98 Å². The standard InChI is InChI=1S/C14H24N2S/c1-6-11(2)17-13-12(8-7-9-15-13)10-16-14(3,4)5/h7-9,11,16H,6,10H2,1-5H3. The van der Waals surface area contributed by atoms with E-state index in [-0.39, 0.29) is 5.54 Å². The van der Waals surface area contributed by atoms with Crippen LogP contribution in [-0.4, -0.2) is 15.8 Å². The van der Waals surface area contributed by atoms with E-state index < -0.39 is 0 Å². The zero-order valence-corrected chi connectivity index (χ0v) is 12.4. The van der Waals surface area contributed by atoms with Crippen LogP contribution in [0, 0.1) is 0 Å². The number of aromatic nitrogens is 1. The Hall–Kier alpha value is -0.540. The van der Waals surface area contributed by atoms with Crippen LogP contribution in [0.15, 0.2) is 23.4 Å². The molecule has 17 heavy (non-hydrogen) atoms. The van der Waals surface area contributed by atoms with Crippen molar-refractivity contribution in [3.63, 3.8) is 0 Å². The molecule has 1 unspecified atom stereocenters. The van der Waals surface area contributed by atoms with Crippen LogP contribution in [-0.2, 0) is 6.54 Å². The summed E-state index contributed by atoms with van der Waals surface area (Å²) in [5.41, 5.74) is 1.45. The van der Waals surface area contributed by atoms with Crippen molar-refractivity contribution >= 4 is 11.8 Å². The van der Waals surface area contributed by atoms with E-state index in [2.05, 4.69) is 51.0 Å². The van der Waals surface area contributed by atoms with Gasteiger partial charge in [-0.15, -0.1) is 11.8 Å². The average Bonchev–Trinajstić information content (AvgIpc) is 2.26. The predicted molar refractivity (Wildman–Crippen MR) is 76.4 cm³/mol. The maximum absolute atomic E-state index is 4.49. The Bertz CT molecular complexity index is 344. The number of rotatable bonds is 5. The first-order valence-electron chi connectivity index (χ1n) is 6.28. The van der Waals surface area contributed by atoms with Gasteiger partial charge in [0, 0.05) is 23.5 Å². The third-order valence-corrected chi connectivity index (χ3v) is 3.87. The molecule has 1 N–H and O–H groups in total. The summed E-state index contributed by atoms with van der Waals surface area (Å²) < 4.78 is 0.